The number of rotatable bonds is 4. The first-order valence-electron chi connectivity index (χ1n) is 8.40. The summed E-state index contributed by atoms with van der Waals surface area (Å²) >= 11 is 5.86. The van der Waals surface area contributed by atoms with Gasteiger partial charge in [0.25, 0.3) is 0 Å². The number of halogens is 1. The van der Waals surface area contributed by atoms with Crippen molar-refractivity contribution in [3.63, 3.8) is 0 Å². The minimum atomic E-state index is -0.458. The third kappa shape index (κ3) is 2.63. The molecule has 2 aromatic carbocycles. The molecule has 1 unspecified atom stereocenters. The maximum Gasteiger partial charge on any atom is 0.228 e. The second kappa shape index (κ2) is 6.46. The fraction of sp³-hybridized carbons (Fsp3) is 0.143. The number of aromatic amines is 1. The number of aromatic nitrogens is 2. The number of carbonyl (C=O) groups is 1. The van der Waals surface area contributed by atoms with Gasteiger partial charge in [0.05, 0.1) is 17.2 Å². The first kappa shape index (κ1) is 16.6. The molecule has 2 heterocycles. The highest BCUT2D eigenvalue weighted by Gasteiger charge is 2.27. The van der Waals surface area contributed by atoms with E-state index in [0.717, 1.165) is 39.0 Å². The van der Waals surface area contributed by atoms with Crippen molar-refractivity contribution in [2.45, 2.75) is 19.8 Å². The molecule has 26 heavy (non-hydrogen) atoms. The van der Waals surface area contributed by atoms with Crippen LogP contribution in [0.3, 0.4) is 0 Å². The van der Waals surface area contributed by atoms with Crippen molar-refractivity contribution in [1.29, 1.82) is 0 Å². The minimum absolute atomic E-state index is 0.397. The highest BCUT2D eigenvalue weighted by Crippen LogP contribution is 2.41. The Morgan fingerprint density at radius 2 is 1.81 bits per heavy atom. The van der Waals surface area contributed by atoms with Crippen LogP contribution in [0.4, 0.5) is 0 Å². The van der Waals surface area contributed by atoms with Gasteiger partial charge in [0, 0.05) is 16.5 Å². The monoisotopic (exact) mass is 364 g/mol. The van der Waals surface area contributed by atoms with Gasteiger partial charge in [-0.05, 0) is 30.2 Å². The van der Waals surface area contributed by atoms with Crippen molar-refractivity contribution in [2.24, 2.45) is 0 Å². The molecule has 0 saturated carbocycles. The third-order valence-electron chi connectivity index (χ3n) is 4.68. The van der Waals surface area contributed by atoms with Gasteiger partial charge in [0.15, 0.2) is 0 Å². The van der Waals surface area contributed by atoms with Crippen molar-refractivity contribution < 1.29 is 9.32 Å². The highest BCUT2D eigenvalue weighted by molar-refractivity contribution is 6.64. The quantitative estimate of drug-likeness (QED) is 0.475. The summed E-state index contributed by atoms with van der Waals surface area (Å²) in [5.74, 6) is 0.228. The molecule has 0 bridgehead atoms. The Kier molecular flexibility index (Phi) is 4.13. The molecule has 0 saturated heterocycles. The summed E-state index contributed by atoms with van der Waals surface area (Å²) in [7, 11) is 0. The fourth-order valence-corrected chi connectivity index (χ4v) is 3.49. The summed E-state index contributed by atoms with van der Waals surface area (Å²) < 4.78 is 5.51. The van der Waals surface area contributed by atoms with Gasteiger partial charge in [-0.15, -0.1) is 0 Å². The van der Waals surface area contributed by atoms with Crippen molar-refractivity contribution in [3.05, 3.63) is 65.9 Å². The molecule has 0 aliphatic heterocycles. The molecule has 5 heteroatoms. The molecule has 0 spiro atoms. The number of H-pyrrole nitrogens is 1. The van der Waals surface area contributed by atoms with E-state index in [1.165, 1.54) is 0 Å². The zero-order valence-electron chi connectivity index (χ0n) is 14.4. The van der Waals surface area contributed by atoms with Gasteiger partial charge in [-0.25, -0.2) is 0 Å². The topological polar surface area (TPSA) is 58.9 Å². The van der Waals surface area contributed by atoms with Crippen LogP contribution >= 0.6 is 11.6 Å². The van der Waals surface area contributed by atoms with E-state index in [9.17, 15) is 4.79 Å². The Balaban J connectivity index is 2.03. The van der Waals surface area contributed by atoms with E-state index in [4.69, 9.17) is 16.1 Å². The normalized spacial score (nSPS) is 12.4. The molecular formula is C21H17ClN2O2. The van der Waals surface area contributed by atoms with Crippen molar-refractivity contribution in [1.82, 2.24) is 10.1 Å². The number of nitrogens with one attached hydrogen (secondary N) is 1. The molecule has 1 atom stereocenters. The van der Waals surface area contributed by atoms with Crippen LogP contribution in [-0.2, 0) is 4.79 Å². The van der Waals surface area contributed by atoms with Crippen LogP contribution in [0, 0.1) is 6.92 Å². The Hall–Kier alpha value is -2.85. The molecule has 0 amide bonds. The van der Waals surface area contributed by atoms with E-state index in [2.05, 4.69) is 10.1 Å². The van der Waals surface area contributed by atoms with Crippen molar-refractivity contribution >= 4 is 27.7 Å². The summed E-state index contributed by atoms with van der Waals surface area (Å²) in [6, 6.07) is 17.7. The van der Waals surface area contributed by atoms with E-state index < -0.39 is 11.2 Å². The van der Waals surface area contributed by atoms with Crippen LogP contribution in [0.5, 0.6) is 0 Å². The van der Waals surface area contributed by atoms with Crippen LogP contribution in [0.25, 0.3) is 33.4 Å². The number of benzene rings is 2. The number of nitrogens with zero attached hydrogens (tertiary/aromatic N) is 1. The molecule has 2 aromatic heterocycles. The Morgan fingerprint density at radius 1 is 1.12 bits per heavy atom. The van der Waals surface area contributed by atoms with Gasteiger partial charge in [0.2, 0.25) is 5.24 Å². The second-order valence-corrected chi connectivity index (χ2v) is 6.69. The zero-order chi connectivity index (χ0) is 18.3. The van der Waals surface area contributed by atoms with Gasteiger partial charge in [-0.1, -0.05) is 60.6 Å². The van der Waals surface area contributed by atoms with Crippen molar-refractivity contribution in [3.8, 4) is 22.5 Å². The van der Waals surface area contributed by atoms with Crippen LogP contribution in [-0.4, -0.2) is 15.4 Å². The molecule has 130 valence electrons. The largest absolute Gasteiger partial charge is 0.360 e. The number of hydrogen-bond donors (Lipinski definition) is 1. The Morgan fingerprint density at radius 3 is 2.54 bits per heavy atom. The predicted molar refractivity (Wildman–Crippen MR) is 103 cm³/mol. The average molecular weight is 365 g/mol. The summed E-state index contributed by atoms with van der Waals surface area (Å²) in [6.07, 6.45) is 0. The Labute approximate surface area is 155 Å². The van der Waals surface area contributed by atoms with Gasteiger partial charge < -0.3 is 9.51 Å². The van der Waals surface area contributed by atoms with E-state index >= 15 is 0 Å². The van der Waals surface area contributed by atoms with Gasteiger partial charge in [0.1, 0.15) is 11.5 Å². The minimum Gasteiger partial charge on any atom is -0.360 e. The third-order valence-corrected chi connectivity index (χ3v) is 5.01. The van der Waals surface area contributed by atoms with E-state index in [-0.39, 0.29) is 0 Å². The molecular weight excluding hydrogens is 348 g/mol. The Bertz CT molecular complexity index is 1100. The van der Waals surface area contributed by atoms with Gasteiger partial charge in [-0.3, -0.25) is 4.79 Å². The second-order valence-electron chi connectivity index (χ2n) is 6.31. The molecule has 0 aliphatic carbocycles. The lowest BCUT2D eigenvalue weighted by molar-refractivity contribution is -0.112. The number of fused-ring (bicyclic) bond motifs is 1. The number of hydrogen-bond acceptors (Lipinski definition) is 3. The zero-order valence-corrected chi connectivity index (χ0v) is 15.2. The number of carbonyl (C=O) groups excluding carboxylic acids is 1. The number of aryl methyl sites for hydroxylation is 1. The van der Waals surface area contributed by atoms with Gasteiger partial charge >= 0.3 is 0 Å². The summed E-state index contributed by atoms with van der Waals surface area (Å²) in [5, 5.41) is 4.84. The van der Waals surface area contributed by atoms with Gasteiger partial charge in [-0.2, -0.15) is 0 Å². The first-order valence-corrected chi connectivity index (χ1v) is 8.77. The van der Waals surface area contributed by atoms with Crippen molar-refractivity contribution in [2.75, 3.05) is 0 Å². The lowest BCUT2D eigenvalue weighted by Gasteiger charge is -2.10. The fourth-order valence-electron chi connectivity index (χ4n) is 3.38. The van der Waals surface area contributed by atoms with E-state index in [1.54, 1.807) is 0 Å². The lowest BCUT2D eigenvalue weighted by atomic mass is 9.93. The summed E-state index contributed by atoms with van der Waals surface area (Å²) in [5.41, 5.74) is 5.18. The molecule has 0 fully saturated rings. The molecule has 4 aromatic rings. The van der Waals surface area contributed by atoms with Crippen LogP contribution in [0.1, 0.15) is 24.2 Å². The highest BCUT2D eigenvalue weighted by atomic mass is 35.5. The maximum atomic E-state index is 12.0. The molecule has 0 radical (unpaired) electrons. The average Bonchev–Trinajstić information content (AvgIpc) is 3.21. The smallest absolute Gasteiger partial charge is 0.228 e. The SMILES string of the molecule is Cc1onc(-c2ccccc2)c1-c1[nH]c2ccccc2c1C(C)C(=O)Cl. The summed E-state index contributed by atoms with van der Waals surface area (Å²) in [4.78, 5) is 15.4. The molecule has 0 aliphatic rings. The standard InChI is InChI=1S/C21H17ClN2O2/c1-12(21(22)25)17-15-10-6-7-11-16(15)23-20(17)18-13(2)26-24-19(18)14-8-4-3-5-9-14/h3-12,23H,1-2H3. The lowest BCUT2D eigenvalue weighted by Crippen LogP contribution is -2.03. The summed E-state index contributed by atoms with van der Waals surface area (Å²) in [6.45, 7) is 3.69. The van der Waals surface area contributed by atoms with Crippen LogP contribution in [0.2, 0.25) is 0 Å². The maximum absolute atomic E-state index is 12.0. The first-order chi connectivity index (χ1) is 12.6. The number of para-hydroxylation sites is 1. The molecule has 1 N–H and O–H groups in total. The predicted octanol–water partition coefficient (Wildman–Crippen LogP) is 5.67. The van der Waals surface area contributed by atoms with Crippen LogP contribution < -0.4 is 0 Å². The van der Waals surface area contributed by atoms with Crippen LogP contribution in [0.15, 0.2) is 59.1 Å². The van der Waals surface area contributed by atoms with E-state index in [0.29, 0.717) is 5.76 Å². The molecule has 4 nitrogen and oxygen atoms in total. The van der Waals surface area contributed by atoms with E-state index in [1.807, 2.05) is 68.4 Å². The molecule has 4 rings (SSSR count).